The van der Waals surface area contributed by atoms with Crippen LogP contribution in [0.4, 0.5) is 62.6 Å². The van der Waals surface area contributed by atoms with Gasteiger partial charge in [-0.3, -0.25) is 19.9 Å². The lowest BCUT2D eigenvalue weighted by Gasteiger charge is -2.28. The van der Waals surface area contributed by atoms with Crippen molar-refractivity contribution in [2.45, 2.75) is 6.54 Å². The van der Waals surface area contributed by atoms with Gasteiger partial charge in [0, 0.05) is 169 Å². The Kier molecular flexibility index (Phi) is 26.0. The normalized spacial score (nSPS) is 17.0. The number of aromatic nitrogens is 20. The summed E-state index contributed by atoms with van der Waals surface area (Å²) in [6.07, 6.45) is 19.0. The molecule has 53 heteroatoms. The topological polar surface area (TPSA) is 548 Å². The quantitative estimate of drug-likeness (QED) is 0.0740. The van der Waals surface area contributed by atoms with Crippen molar-refractivity contribution in [2.24, 2.45) is 4.99 Å². The SMILES string of the molecule is Nc1c(Br)c(N2CCS(=O)(=O)CC2)nc2c(-c3ccc4c(c3)CN=C4Br)cnn12.Nc1c(Br)c(N2CCS(=O)(=O)CC2)nc2c(-c3ccc4ncccc4c3)cnn12.Nc1c(Br)c(N2CCS(=O)(=O)CC2)nc2c(-c3ccncc3)cnn12.Nc1c(Br)c(N2CCS(=O)(=O)CC2)nc2c(-c3cnc4[nH]ccc4c3)cnn12.Nc1c(Br)c(N2CCS(=O)(=O)CC2)nc2c(-c3cnc4cc(F)ccc4c3)cnn12. The van der Waals surface area contributed by atoms with E-state index in [1.165, 1.54) is 16.6 Å². The van der Waals surface area contributed by atoms with Crippen molar-refractivity contribution in [3.05, 3.63) is 205 Å². The van der Waals surface area contributed by atoms with E-state index in [1.54, 1.807) is 86.1 Å². The van der Waals surface area contributed by atoms with E-state index >= 15 is 0 Å². The minimum absolute atomic E-state index is 0.0729. The molecule has 0 atom stereocenters. The second kappa shape index (κ2) is 38.2. The molecule has 0 unspecified atom stereocenters. The molecule has 11 N–H and O–H groups in total. The van der Waals surface area contributed by atoms with E-state index < -0.39 is 49.2 Å². The summed E-state index contributed by atoms with van der Waals surface area (Å²) in [7, 11) is -15.0. The number of rotatable bonds is 10. The number of fused-ring (bicyclic) bond motifs is 9. The fourth-order valence-corrected chi connectivity index (χ4v) is 26.1. The highest BCUT2D eigenvalue weighted by molar-refractivity contribution is 9.18. The van der Waals surface area contributed by atoms with E-state index in [-0.39, 0.29) is 63.3 Å². The van der Waals surface area contributed by atoms with Crippen molar-refractivity contribution in [3.63, 3.8) is 0 Å². The van der Waals surface area contributed by atoms with Gasteiger partial charge in [0.05, 0.1) is 106 Å². The Morgan fingerprint density at radius 3 is 1.06 bits per heavy atom. The third kappa shape index (κ3) is 19.2. The second-order valence-electron chi connectivity index (χ2n) is 33.7. The van der Waals surface area contributed by atoms with Gasteiger partial charge in [-0.25, -0.2) is 76.4 Å². The molecule has 0 aliphatic carbocycles. The lowest BCUT2D eigenvalue weighted by Crippen LogP contribution is -2.41. The number of halogens is 7. The van der Waals surface area contributed by atoms with Gasteiger partial charge in [0.25, 0.3) is 0 Å². The number of hydrogen-bond acceptors (Lipinski definition) is 35. The number of nitrogens with zero attached hydrogens (tertiary/aromatic N) is 25. The number of aliphatic imine (C=N–C) groups is 1. The number of aromatic amines is 1. The highest BCUT2D eigenvalue weighted by Crippen LogP contribution is 2.43. The van der Waals surface area contributed by atoms with Crippen LogP contribution in [0.3, 0.4) is 0 Å². The molecule has 5 fully saturated rings. The van der Waals surface area contributed by atoms with E-state index in [0.717, 1.165) is 98.7 Å². The highest BCUT2D eigenvalue weighted by atomic mass is 79.9. The van der Waals surface area contributed by atoms with Crippen LogP contribution in [-0.2, 0) is 55.7 Å². The zero-order valence-electron chi connectivity index (χ0n) is 73.8. The van der Waals surface area contributed by atoms with Crippen LogP contribution in [-0.4, -0.2) is 268 Å². The fourth-order valence-electron chi connectivity index (χ4n) is 17.0. The molecule has 0 bridgehead atoms. The number of H-pyrrole nitrogens is 1. The first-order valence-electron chi connectivity index (χ1n) is 43.5. The Morgan fingerprint density at radius 1 is 0.319 bits per heavy atom. The number of sulfone groups is 5. The molecule has 6 aliphatic heterocycles. The van der Waals surface area contributed by atoms with Gasteiger partial charge in [0.15, 0.2) is 77.4 Å². The summed E-state index contributed by atoms with van der Waals surface area (Å²) in [4.78, 5) is 58.2. The van der Waals surface area contributed by atoms with Crippen LogP contribution < -0.4 is 53.2 Å². The minimum Gasteiger partial charge on any atom is -0.383 e. The molecule has 141 heavy (non-hydrogen) atoms. The maximum atomic E-state index is 13.4. The van der Waals surface area contributed by atoms with Gasteiger partial charge in [-0.1, -0.05) is 24.3 Å². The van der Waals surface area contributed by atoms with Crippen LogP contribution in [0, 0.1) is 5.82 Å². The molecule has 0 amide bonds. The maximum Gasteiger partial charge on any atom is 0.167 e. The predicted octanol–water partition coefficient (Wildman–Crippen LogP) is 11.0. The average Bonchev–Trinajstić information content (AvgIpc) is 1.63. The zero-order chi connectivity index (χ0) is 98.6. The number of nitrogens with one attached hydrogen (secondary N) is 1. The van der Waals surface area contributed by atoms with Gasteiger partial charge < -0.3 is 58.2 Å². The van der Waals surface area contributed by atoms with E-state index in [2.05, 4.69) is 157 Å². The summed E-state index contributed by atoms with van der Waals surface area (Å²) < 4.78 is 143. The predicted molar refractivity (Wildman–Crippen MR) is 564 cm³/mol. The number of hydrogen-bond donors (Lipinski definition) is 6. The standard InChI is InChI=1S/C19H16BrFN6O2S.C19H17BrN6O2S.C18H16Br2N6O2S.C17H16BrN7O2S.C15H15BrN6O2S/c20-16-17(22)27-18(25-19(16)26-3-5-30(28,29)6-4-26)14(10-24-27)12-7-11-1-2-13(21)8-15(11)23-9-12;20-16-17(21)26-18(24-19(16)25-6-8-29(27,28)9-7-25)14(11-23-26)12-3-4-15-13(10-12)2-1-5-22-15;19-14-16(21)26-17(24-18(14)25-3-5-29(27,28)6-4-25)13(9-23-26)10-1-2-12-11(7-10)8-22-15(12)20;18-13-14(19)25-16(23-17(13)24-3-5-28(26,27)6-4-24)12(9-22-25)11-7-10-1-2-20-15(10)21-8-11;16-12-13(17)22-14(11(9-19-22)10-1-3-18-4-2-10)20-15(12)21-5-7-25(23,24)8-6-21/h1-2,7-10H,3-6,22H2;1-5,10-11H,6-9,21H2;1-2,7,9H,3-6,8,21H2;1-2,7-9H,3-6,19H2,(H,20,21);1-4,9H,5-8,17H2. The Balaban J connectivity index is 0.000000108. The van der Waals surface area contributed by atoms with Gasteiger partial charge in [-0.05, 0) is 185 Å². The molecule has 15 aromatic heterocycles. The van der Waals surface area contributed by atoms with E-state index in [4.69, 9.17) is 53.6 Å². The first-order chi connectivity index (χ1) is 67.5. The molecule has 5 saturated heterocycles. The Bertz CT molecular complexity index is 8740. The van der Waals surface area contributed by atoms with Crippen LogP contribution in [0.5, 0.6) is 0 Å². The Hall–Kier alpha value is -12.4. The number of anilines is 10. The molecular weight excluding hydrogens is 2310 g/mol. The first kappa shape index (κ1) is 96.2. The van der Waals surface area contributed by atoms with Crippen LogP contribution in [0.2, 0.25) is 0 Å². The summed E-state index contributed by atoms with van der Waals surface area (Å²) in [5, 5.41) is 24.7. The molecule has 0 radical (unpaired) electrons. The summed E-state index contributed by atoms with van der Waals surface area (Å²) in [6.45, 7) is 4.40. The van der Waals surface area contributed by atoms with Crippen LogP contribution in [0.25, 0.3) is 117 Å². The first-order valence-corrected chi connectivity index (χ1v) is 57.3. The molecule has 0 spiro atoms. The molecule has 6 aliphatic rings. The molecule has 41 nitrogen and oxygen atoms in total. The maximum absolute atomic E-state index is 13.4. The number of benzene rings is 3. The van der Waals surface area contributed by atoms with Gasteiger partial charge >= 0.3 is 0 Å². The Morgan fingerprint density at radius 2 is 0.660 bits per heavy atom. The summed E-state index contributed by atoms with van der Waals surface area (Å²) in [6, 6.07) is 30.1. The number of nitrogen functional groups attached to an aromatic ring is 5. The van der Waals surface area contributed by atoms with E-state index in [9.17, 15) is 46.5 Å². The second-order valence-corrected chi connectivity index (χ2v) is 49.9. The summed E-state index contributed by atoms with van der Waals surface area (Å²) in [5.41, 5.74) is 47.6. The minimum atomic E-state index is -3.02. The number of pyridine rings is 4. The lowest BCUT2D eigenvalue weighted by molar-refractivity contribution is 0.584. The average molecular weight is 2390 g/mol. The van der Waals surface area contributed by atoms with Crippen molar-refractivity contribution in [1.29, 1.82) is 0 Å². The third-order valence-corrected chi connectivity index (χ3v) is 37.4. The molecule has 3 aromatic carbocycles. The molecule has 18 aromatic rings. The lowest BCUT2D eigenvalue weighted by atomic mass is 10.0. The van der Waals surface area contributed by atoms with Crippen molar-refractivity contribution in [1.82, 2.24) is 97.9 Å². The van der Waals surface area contributed by atoms with Crippen LogP contribution >= 0.6 is 95.6 Å². The van der Waals surface area contributed by atoms with Crippen molar-refractivity contribution >= 4 is 269 Å². The fraction of sp³-hybridized carbons (Fsp3) is 0.239. The largest absolute Gasteiger partial charge is 0.383 e. The van der Waals surface area contributed by atoms with Crippen LogP contribution in [0.15, 0.2) is 193 Å². The van der Waals surface area contributed by atoms with Gasteiger partial charge in [-0.15, -0.1) is 0 Å². The molecule has 21 heterocycles. The zero-order valence-corrected chi connectivity index (χ0v) is 87.4. The Labute approximate surface area is 853 Å². The van der Waals surface area contributed by atoms with Gasteiger partial charge in [0.2, 0.25) is 0 Å². The van der Waals surface area contributed by atoms with Gasteiger partial charge in [0.1, 0.15) is 96.6 Å². The van der Waals surface area contributed by atoms with Crippen molar-refractivity contribution in [3.8, 4) is 55.6 Å². The smallest absolute Gasteiger partial charge is 0.167 e. The molecule has 726 valence electrons. The summed E-state index contributed by atoms with van der Waals surface area (Å²) >= 11 is 21.0. The third-order valence-electron chi connectivity index (χ3n) is 24.8. The molecular formula is C88H80Br6FN31O10S5. The van der Waals surface area contributed by atoms with Gasteiger partial charge in [-0.2, -0.15) is 48.1 Å². The van der Waals surface area contributed by atoms with E-state index in [0.29, 0.717) is 186 Å². The van der Waals surface area contributed by atoms with E-state index in [1.807, 2.05) is 103 Å². The molecule has 24 rings (SSSR count). The monoisotopic (exact) mass is 2380 g/mol. The van der Waals surface area contributed by atoms with Crippen molar-refractivity contribution in [2.75, 3.05) is 176 Å². The van der Waals surface area contributed by atoms with Crippen molar-refractivity contribution < 1.29 is 46.5 Å². The highest BCUT2D eigenvalue weighted by Gasteiger charge is 2.34. The molecule has 0 saturated carbocycles. The summed E-state index contributed by atoms with van der Waals surface area (Å²) in [5.74, 6) is 5.83. The van der Waals surface area contributed by atoms with Crippen LogP contribution in [0.1, 0.15) is 11.1 Å². The number of nitrogens with two attached hydrogens (primary N) is 5.